The first-order valence-corrected chi connectivity index (χ1v) is 12.9. The highest BCUT2D eigenvalue weighted by Crippen LogP contribution is 2.29. The van der Waals surface area contributed by atoms with Crippen molar-refractivity contribution in [2.75, 3.05) is 24.5 Å². The van der Waals surface area contributed by atoms with E-state index in [0.29, 0.717) is 19.6 Å². The van der Waals surface area contributed by atoms with Crippen LogP contribution in [0.3, 0.4) is 0 Å². The molecule has 2 aliphatic heterocycles. The van der Waals surface area contributed by atoms with Gasteiger partial charge < -0.3 is 10.2 Å². The van der Waals surface area contributed by atoms with E-state index >= 15 is 0 Å². The van der Waals surface area contributed by atoms with Gasteiger partial charge in [-0.1, -0.05) is 30.7 Å². The van der Waals surface area contributed by atoms with Crippen molar-refractivity contribution in [3.63, 3.8) is 0 Å². The van der Waals surface area contributed by atoms with Crippen molar-refractivity contribution in [3.8, 4) is 0 Å². The summed E-state index contributed by atoms with van der Waals surface area (Å²) in [4.78, 5) is 27.3. The van der Waals surface area contributed by atoms with Crippen molar-refractivity contribution < 1.29 is 18.0 Å². The Bertz CT molecular complexity index is 1140. The lowest BCUT2D eigenvalue weighted by Crippen LogP contribution is -2.35. The molecule has 1 N–H and O–H groups in total. The standard InChI is InChI=1S/C25H31N3O4S/c1-18-7-6-8-23(19(18)2)28-17-21(15-24(28)29)25(30)26-16-20-9-11-22(12-10-20)33(31,32)27-13-4-3-5-14-27/h6-12,21H,3-5,13-17H2,1-2H3,(H,26,30). The molecular weight excluding hydrogens is 438 g/mol. The number of piperidine rings is 1. The van der Waals surface area contributed by atoms with Crippen LogP contribution in [0.4, 0.5) is 5.69 Å². The first-order chi connectivity index (χ1) is 15.8. The van der Waals surface area contributed by atoms with Crippen LogP contribution in [0.2, 0.25) is 0 Å². The third kappa shape index (κ3) is 4.96. The Hall–Kier alpha value is -2.71. The van der Waals surface area contributed by atoms with E-state index in [1.807, 2.05) is 32.0 Å². The molecule has 2 amide bonds. The zero-order chi connectivity index (χ0) is 23.6. The molecule has 1 atom stereocenters. The van der Waals surface area contributed by atoms with Crippen molar-refractivity contribution in [2.45, 2.75) is 51.0 Å². The summed E-state index contributed by atoms with van der Waals surface area (Å²) in [6.07, 6.45) is 3.05. The number of hydrogen-bond acceptors (Lipinski definition) is 4. The first-order valence-electron chi connectivity index (χ1n) is 11.5. The Labute approximate surface area is 195 Å². The lowest BCUT2D eigenvalue weighted by Gasteiger charge is -2.25. The van der Waals surface area contributed by atoms with E-state index in [9.17, 15) is 18.0 Å². The van der Waals surface area contributed by atoms with Crippen LogP contribution >= 0.6 is 0 Å². The number of anilines is 1. The number of amides is 2. The van der Waals surface area contributed by atoms with E-state index in [-0.39, 0.29) is 29.7 Å². The normalized spacial score (nSPS) is 19.6. The van der Waals surface area contributed by atoms with Gasteiger partial charge in [-0.2, -0.15) is 4.31 Å². The van der Waals surface area contributed by atoms with Crippen molar-refractivity contribution in [1.82, 2.24) is 9.62 Å². The molecule has 176 valence electrons. The van der Waals surface area contributed by atoms with E-state index in [0.717, 1.165) is 41.6 Å². The van der Waals surface area contributed by atoms with Crippen LogP contribution in [-0.4, -0.2) is 44.2 Å². The number of hydrogen-bond donors (Lipinski definition) is 1. The molecular formula is C25H31N3O4S. The maximum absolute atomic E-state index is 12.8. The van der Waals surface area contributed by atoms with Gasteiger partial charge in [-0.3, -0.25) is 9.59 Å². The van der Waals surface area contributed by atoms with E-state index < -0.39 is 15.9 Å². The van der Waals surface area contributed by atoms with Crippen LogP contribution in [-0.2, 0) is 26.2 Å². The summed E-state index contributed by atoms with van der Waals surface area (Å²) in [6, 6.07) is 12.5. The molecule has 1 unspecified atom stereocenters. The second kappa shape index (κ2) is 9.65. The molecule has 0 aliphatic carbocycles. The minimum absolute atomic E-state index is 0.0453. The molecule has 33 heavy (non-hydrogen) atoms. The van der Waals surface area contributed by atoms with Crippen LogP contribution in [0.1, 0.15) is 42.4 Å². The zero-order valence-electron chi connectivity index (χ0n) is 19.2. The number of rotatable bonds is 6. The van der Waals surface area contributed by atoms with E-state index in [2.05, 4.69) is 5.32 Å². The maximum Gasteiger partial charge on any atom is 0.243 e. The Morgan fingerprint density at radius 2 is 1.73 bits per heavy atom. The predicted molar refractivity (Wildman–Crippen MR) is 127 cm³/mol. The highest BCUT2D eigenvalue weighted by atomic mass is 32.2. The van der Waals surface area contributed by atoms with E-state index in [1.54, 1.807) is 33.5 Å². The highest BCUT2D eigenvalue weighted by molar-refractivity contribution is 7.89. The average Bonchev–Trinajstić information content (AvgIpc) is 3.21. The van der Waals surface area contributed by atoms with Crippen LogP contribution < -0.4 is 10.2 Å². The summed E-state index contributed by atoms with van der Waals surface area (Å²) in [7, 11) is -3.47. The average molecular weight is 470 g/mol. The van der Waals surface area contributed by atoms with Gasteiger partial charge in [0.1, 0.15) is 0 Å². The van der Waals surface area contributed by atoms with Crippen LogP contribution in [0.25, 0.3) is 0 Å². The van der Waals surface area contributed by atoms with Gasteiger partial charge in [-0.05, 0) is 61.6 Å². The second-order valence-electron chi connectivity index (χ2n) is 8.95. The second-order valence-corrected chi connectivity index (χ2v) is 10.9. The van der Waals surface area contributed by atoms with Crippen LogP contribution in [0.15, 0.2) is 47.4 Å². The third-order valence-corrected chi connectivity index (χ3v) is 8.62. The SMILES string of the molecule is Cc1cccc(N2CC(C(=O)NCc3ccc(S(=O)(=O)N4CCCCC4)cc3)CC2=O)c1C. The van der Waals surface area contributed by atoms with Crippen molar-refractivity contribution in [1.29, 1.82) is 0 Å². The molecule has 2 fully saturated rings. The van der Waals surface area contributed by atoms with Crippen molar-refractivity contribution >= 4 is 27.5 Å². The summed E-state index contributed by atoms with van der Waals surface area (Å²) in [5.41, 5.74) is 3.84. The van der Waals surface area contributed by atoms with Gasteiger partial charge in [0.05, 0.1) is 10.8 Å². The number of aryl methyl sites for hydroxylation is 1. The van der Waals surface area contributed by atoms with Crippen molar-refractivity contribution in [3.05, 3.63) is 59.2 Å². The largest absolute Gasteiger partial charge is 0.352 e. The molecule has 0 radical (unpaired) electrons. The lowest BCUT2D eigenvalue weighted by atomic mass is 10.1. The molecule has 2 heterocycles. The minimum Gasteiger partial charge on any atom is -0.352 e. The molecule has 0 spiro atoms. The predicted octanol–water partition coefficient (Wildman–Crippen LogP) is 3.15. The minimum atomic E-state index is -3.47. The molecule has 8 heteroatoms. The molecule has 2 aliphatic rings. The third-order valence-electron chi connectivity index (χ3n) is 6.71. The van der Waals surface area contributed by atoms with E-state index in [4.69, 9.17) is 0 Å². The number of carbonyl (C=O) groups is 2. The molecule has 2 saturated heterocycles. The van der Waals surface area contributed by atoms with Gasteiger partial charge in [0.2, 0.25) is 21.8 Å². The molecule has 0 bridgehead atoms. The first kappa shape index (κ1) is 23.4. The fraction of sp³-hybridized carbons (Fsp3) is 0.440. The Morgan fingerprint density at radius 1 is 1.03 bits per heavy atom. The topological polar surface area (TPSA) is 86.8 Å². The molecule has 0 saturated carbocycles. The lowest BCUT2D eigenvalue weighted by molar-refractivity contribution is -0.126. The molecule has 7 nitrogen and oxygen atoms in total. The van der Waals surface area contributed by atoms with Crippen molar-refractivity contribution in [2.24, 2.45) is 5.92 Å². The van der Waals surface area contributed by atoms with Gasteiger partial charge in [-0.25, -0.2) is 8.42 Å². The highest BCUT2D eigenvalue weighted by Gasteiger charge is 2.35. The molecule has 2 aromatic rings. The Balaban J connectivity index is 1.35. The Morgan fingerprint density at radius 3 is 2.42 bits per heavy atom. The van der Waals surface area contributed by atoms with Gasteiger partial charge in [0.25, 0.3) is 0 Å². The summed E-state index contributed by atoms with van der Waals surface area (Å²) >= 11 is 0. The summed E-state index contributed by atoms with van der Waals surface area (Å²) in [6.45, 7) is 5.78. The summed E-state index contributed by atoms with van der Waals surface area (Å²) in [5.74, 6) is -0.617. The smallest absolute Gasteiger partial charge is 0.243 e. The fourth-order valence-corrected chi connectivity index (χ4v) is 6.03. The number of nitrogens with one attached hydrogen (secondary N) is 1. The number of nitrogens with zero attached hydrogens (tertiary/aromatic N) is 2. The fourth-order valence-electron chi connectivity index (χ4n) is 4.51. The summed E-state index contributed by atoms with van der Waals surface area (Å²) in [5, 5.41) is 2.90. The quantitative estimate of drug-likeness (QED) is 0.704. The van der Waals surface area contributed by atoms with Gasteiger partial charge >= 0.3 is 0 Å². The molecule has 4 rings (SSSR count). The van der Waals surface area contributed by atoms with Gasteiger partial charge in [0.15, 0.2) is 0 Å². The number of sulfonamides is 1. The van der Waals surface area contributed by atoms with Gasteiger partial charge in [-0.15, -0.1) is 0 Å². The summed E-state index contributed by atoms with van der Waals surface area (Å²) < 4.78 is 27.1. The van der Waals surface area contributed by atoms with Crippen LogP contribution in [0.5, 0.6) is 0 Å². The van der Waals surface area contributed by atoms with E-state index in [1.165, 1.54) is 0 Å². The zero-order valence-corrected chi connectivity index (χ0v) is 20.0. The van der Waals surface area contributed by atoms with Gasteiger partial charge in [0, 0.05) is 38.3 Å². The monoisotopic (exact) mass is 469 g/mol. The Kier molecular flexibility index (Phi) is 6.86. The number of carbonyl (C=O) groups excluding carboxylic acids is 2. The maximum atomic E-state index is 12.8. The number of benzene rings is 2. The van der Waals surface area contributed by atoms with Crippen LogP contribution in [0, 0.1) is 19.8 Å². The molecule has 2 aromatic carbocycles. The molecule has 0 aromatic heterocycles.